The molecule has 6 heteroatoms. The Labute approximate surface area is 146 Å². The molecule has 1 aliphatic carbocycles. The standard InChI is InChI=1S/C19H24FN3O2/c1-13-9-16(23-22-13)10-18(25)21-12-19(8-2-3-17(19)24)11-14-4-6-15(20)7-5-14/h4-7,9,17,24H,2-3,8,10-12H2,1H3,(H,21,25)(H,22,23)/t17-,19-/m0/s1. The van der Waals surface area contributed by atoms with Gasteiger partial charge < -0.3 is 10.4 Å². The van der Waals surface area contributed by atoms with E-state index in [0.717, 1.165) is 30.5 Å². The second kappa shape index (κ2) is 7.35. The summed E-state index contributed by atoms with van der Waals surface area (Å²) in [5.74, 6) is -0.378. The number of H-pyrrole nitrogens is 1. The molecule has 0 bridgehead atoms. The smallest absolute Gasteiger partial charge is 0.226 e. The van der Waals surface area contributed by atoms with Crippen LogP contribution in [0.25, 0.3) is 0 Å². The molecule has 1 amide bonds. The Bertz CT molecular complexity index is 729. The molecule has 3 rings (SSSR count). The Morgan fingerprint density at radius 3 is 2.80 bits per heavy atom. The number of nitrogens with zero attached hydrogens (tertiary/aromatic N) is 1. The number of amides is 1. The van der Waals surface area contributed by atoms with Crippen LogP contribution in [-0.4, -0.2) is 33.9 Å². The van der Waals surface area contributed by atoms with Crippen LogP contribution in [0.3, 0.4) is 0 Å². The Balaban J connectivity index is 1.64. The van der Waals surface area contributed by atoms with Crippen molar-refractivity contribution in [2.75, 3.05) is 6.54 Å². The number of aliphatic hydroxyl groups is 1. The Morgan fingerprint density at radius 1 is 1.44 bits per heavy atom. The number of benzene rings is 1. The maximum atomic E-state index is 13.1. The molecule has 0 spiro atoms. The SMILES string of the molecule is Cc1cc(CC(=O)NC[C@@]2(Cc3ccc(F)cc3)CCC[C@@H]2O)n[nH]1. The monoisotopic (exact) mass is 345 g/mol. The molecular weight excluding hydrogens is 321 g/mol. The van der Waals surface area contributed by atoms with Crippen LogP contribution in [0.2, 0.25) is 0 Å². The first-order chi connectivity index (χ1) is 12.0. The molecule has 0 saturated heterocycles. The number of aryl methyl sites for hydroxylation is 1. The predicted octanol–water partition coefficient (Wildman–Crippen LogP) is 2.29. The Morgan fingerprint density at radius 2 is 2.20 bits per heavy atom. The first-order valence-corrected chi connectivity index (χ1v) is 8.67. The van der Waals surface area contributed by atoms with Crippen molar-refractivity contribution in [3.63, 3.8) is 0 Å². The molecule has 25 heavy (non-hydrogen) atoms. The van der Waals surface area contributed by atoms with Crippen molar-refractivity contribution in [1.82, 2.24) is 15.5 Å². The van der Waals surface area contributed by atoms with Gasteiger partial charge in [0.1, 0.15) is 5.82 Å². The fourth-order valence-electron chi connectivity index (χ4n) is 3.67. The molecule has 134 valence electrons. The predicted molar refractivity (Wildman–Crippen MR) is 92.4 cm³/mol. The van der Waals surface area contributed by atoms with Gasteiger partial charge in [-0.2, -0.15) is 5.10 Å². The van der Waals surface area contributed by atoms with Crippen molar-refractivity contribution in [2.24, 2.45) is 5.41 Å². The minimum Gasteiger partial charge on any atom is -0.392 e. The van der Waals surface area contributed by atoms with Crippen LogP contribution in [0, 0.1) is 18.2 Å². The molecule has 1 fully saturated rings. The zero-order chi connectivity index (χ0) is 17.9. The van der Waals surface area contributed by atoms with Crippen LogP contribution >= 0.6 is 0 Å². The fourth-order valence-corrected chi connectivity index (χ4v) is 3.67. The summed E-state index contributed by atoms with van der Waals surface area (Å²) in [6.07, 6.45) is 2.87. The molecule has 0 radical (unpaired) electrons. The van der Waals surface area contributed by atoms with Crippen LogP contribution in [-0.2, 0) is 17.6 Å². The van der Waals surface area contributed by atoms with E-state index in [0.29, 0.717) is 18.7 Å². The van der Waals surface area contributed by atoms with E-state index in [2.05, 4.69) is 15.5 Å². The Hall–Kier alpha value is -2.21. The van der Waals surface area contributed by atoms with Crippen LogP contribution in [0.15, 0.2) is 30.3 Å². The second-order valence-electron chi connectivity index (χ2n) is 7.07. The summed E-state index contributed by atoms with van der Waals surface area (Å²) >= 11 is 0. The lowest BCUT2D eigenvalue weighted by Crippen LogP contribution is -2.44. The second-order valence-corrected chi connectivity index (χ2v) is 7.07. The average molecular weight is 345 g/mol. The molecule has 2 atom stereocenters. The largest absolute Gasteiger partial charge is 0.392 e. The molecule has 2 aromatic rings. The van der Waals surface area contributed by atoms with E-state index in [1.54, 1.807) is 12.1 Å². The third-order valence-electron chi connectivity index (χ3n) is 5.07. The number of rotatable bonds is 6. The van der Waals surface area contributed by atoms with Gasteiger partial charge in [-0.15, -0.1) is 0 Å². The summed E-state index contributed by atoms with van der Waals surface area (Å²) < 4.78 is 13.1. The molecule has 0 aliphatic heterocycles. The zero-order valence-corrected chi connectivity index (χ0v) is 14.4. The minimum absolute atomic E-state index is 0.107. The van der Waals surface area contributed by atoms with Crippen molar-refractivity contribution < 1.29 is 14.3 Å². The summed E-state index contributed by atoms with van der Waals surface area (Å²) in [5.41, 5.74) is 2.20. The van der Waals surface area contributed by atoms with Gasteiger partial charge in [-0.3, -0.25) is 9.89 Å². The first-order valence-electron chi connectivity index (χ1n) is 8.67. The van der Waals surface area contributed by atoms with Gasteiger partial charge >= 0.3 is 0 Å². The number of aromatic amines is 1. The fraction of sp³-hybridized carbons (Fsp3) is 0.474. The molecule has 3 N–H and O–H groups in total. The molecule has 1 aliphatic rings. The number of nitrogens with one attached hydrogen (secondary N) is 2. The number of hydrogen-bond acceptors (Lipinski definition) is 3. The van der Waals surface area contributed by atoms with Crippen molar-refractivity contribution in [3.05, 3.63) is 53.1 Å². The van der Waals surface area contributed by atoms with Crippen molar-refractivity contribution >= 4 is 5.91 Å². The number of aliphatic hydroxyl groups excluding tert-OH is 1. The maximum absolute atomic E-state index is 13.1. The molecule has 1 aromatic carbocycles. The van der Waals surface area contributed by atoms with Gasteiger partial charge in [0.25, 0.3) is 0 Å². The van der Waals surface area contributed by atoms with E-state index < -0.39 is 11.5 Å². The van der Waals surface area contributed by atoms with Gasteiger partial charge in [0.05, 0.1) is 18.2 Å². The van der Waals surface area contributed by atoms with Gasteiger partial charge in [-0.25, -0.2) is 4.39 Å². The highest BCUT2D eigenvalue weighted by Crippen LogP contribution is 2.40. The molecule has 5 nitrogen and oxygen atoms in total. The van der Waals surface area contributed by atoms with Gasteiger partial charge in [-0.1, -0.05) is 18.6 Å². The summed E-state index contributed by atoms with van der Waals surface area (Å²) in [6, 6.07) is 8.21. The van der Waals surface area contributed by atoms with Gasteiger partial charge in [-0.05, 0) is 49.9 Å². The highest BCUT2D eigenvalue weighted by Gasteiger charge is 2.42. The molecule has 1 aromatic heterocycles. The lowest BCUT2D eigenvalue weighted by Gasteiger charge is -2.33. The Kier molecular flexibility index (Phi) is 5.18. The summed E-state index contributed by atoms with van der Waals surface area (Å²) in [5, 5.41) is 20.4. The van der Waals surface area contributed by atoms with Gasteiger partial charge in [0.2, 0.25) is 5.91 Å². The lowest BCUT2D eigenvalue weighted by atomic mass is 9.78. The minimum atomic E-state index is -0.467. The van der Waals surface area contributed by atoms with Crippen molar-refractivity contribution in [3.8, 4) is 0 Å². The maximum Gasteiger partial charge on any atom is 0.226 e. The van der Waals surface area contributed by atoms with E-state index in [-0.39, 0.29) is 18.1 Å². The van der Waals surface area contributed by atoms with E-state index in [4.69, 9.17) is 0 Å². The topological polar surface area (TPSA) is 78.0 Å². The van der Waals surface area contributed by atoms with Crippen LogP contribution < -0.4 is 5.32 Å². The van der Waals surface area contributed by atoms with Gasteiger partial charge in [0, 0.05) is 17.7 Å². The summed E-state index contributed by atoms with van der Waals surface area (Å²) in [7, 11) is 0. The van der Waals surface area contributed by atoms with Crippen molar-refractivity contribution in [1.29, 1.82) is 0 Å². The van der Waals surface area contributed by atoms with E-state index in [1.165, 1.54) is 12.1 Å². The first kappa shape index (κ1) is 17.6. The molecular formula is C19H24FN3O2. The van der Waals surface area contributed by atoms with E-state index >= 15 is 0 Å². The number of aromatic nitrogens is 2. The highest BCUT2D eigenvalue weighted by atomic mass is 19.1. The zero-order valence-electron chi connectivity index (χ0n) is 14.4. The third kappa shape index (κ3) is 4.25. The van der Waals surface area contributed by atoms with Crippen LogP contribution in [0.5, 0.6) is 0 Å². The molecule has 0 unspecified atom stereocenters. The van der Waals surface area contributed by atoms with Crippen molar-refractivity contribution in [2.45, 2.75) is 45.1 Å². The van der Waals surface area contributed by atoms with Gasteiger partial charge in [0.15, 0.2) is 0 Å². The van der Waals surface area contributed by atoms with E-state index in [1.807, 2.05) is 13.0 Å². The number of carbonyl (C=O) groups is 1. The summed E-state index contributed by atoms with van der Waals surface area (Å²) in [6.45, 7) is 2.30. The number of hydrogen-bond donors (Lipinski definition) is 3. The highest BCUT2D eigenvalue weighted by molar-refractivity contribution is 5.78. The lowest BCUT2D eigenvalue weighted by molar-refractivity contribution is -0.121. The quantitative estimate of drug-likeness (QED) is 0.752. The third-order valence-corrected chi connectivity index (χ3v) is 5.07. The molecule has 1 heterocycles. The van der Waals surface area contributed by atoms with Crippen LogP contribution in [0.1, 0.15) is 36.2 Å². The van der Waals surface area contributed by atoms with Crippen LogP contribution in [0.4, 0.5) is 4.39 Å². The summed E-state index contributed by atoms with van der Waals surface area (Å²) in [4.78, 5) is 12.2. The normalized spacial score (nSPS) is 22.9. The van der Waals surface area contributed by atoms with E-state index in [9.17, 15) is 14.3 Å². The average Bonchev–Trinajstić information content (AvgIpc) is 3.14. The number of carbonyl (C=O) groups excluding carboxylic acids is 1. The number of halogens is 1. The molecule has 1 saturated carbocycles.